The van der Waals surface area contributed by atoms with Crippen LogP contribution in [0.15, 0.2) is 61.2 Å². The van der Waals surface area contributed by atoms with E-state index in [9.17, 15) is 9.18 Å². The highest BCUT2D eigenvalue weighted by atomic mass is 32.2. The lowest BCUT2D eigenvalue weighted by atomic mass is 10.0. The van der Waals surface area contributed by atoms with Gasteiger partial charge >= 0.3 is 0 Å². The molecule has 0 saturated carbocycles. The SMILES string of the molecule is C=CCOc1ccc([C@H]2SCC(=O)Nc3c2c(C)nn3-c2ccc(F)cc2)cc1. The fourth-order valence-electron chi connectivity index (χ4n) is 3.31. The van der Waals surface area contributed by atoms with E-state index in [1.807, 2.05) is 31.2 Å². The summed E-state index contributed by atoms with van der Waals surface area (Å²) < 4.78 is 20.6. The van der Waals surface area contributed by atoms with Crippen LogP contribution < -0.4 is 10.1 Å². The number of amides is 1. The number of aryl methyl sites for hydroxylation is 1. The number of benzene rings is 2. The van der Waals surface area contributed by atoms with Crippen LogP contribution in [0.1, 0.15) is 22.1 Å². The van der Waals surface area contributed by atoms with Crippen molar-refractivity contribution in [2.75, 3.05) is 17.7 Å². The third-order valence-corrected chi connectivity index (χ3v) is 5.90. The molecule has 4 rings (SSSR count). The van der Waals surface area contributed by atoms with E-state index in [1.54, 1.807) is 34.7 Å². The van der Waals surface area contributed by atoms with Crippen molar-refractivity contribution < 1.29 is 13.9 Å². The van der Waals surface area contributed by atoms with E-state index in [-0.39, 0.29) is 17.0 Å². The first-order valence-corrected chi connectivity index (χ1v) is 10.2. The van der Waals surface area contributed by atoms with Crippen LogP contribution in [0.5, 0.6) is 5.75 Å². The molecular formula is C22H20FN3O2S. The molecule has 1 aromatic heterocycles. The molecule has 0 radical (unpaired) electrons. The normalized spacial score (nSPS) is 15.9. The summed E-state index contributed by atoms with van der Waals surface area (Å²) in [4.78, 5) is 12.4. The number of carbonyl (C=O) groups is 1. The zero-order chi connectivity index (χ0) is 20.4. The fourth-order valence-corrected chi connectivity index (χ4v) is 4.50. The summed E-state index contributed by atoms with van der Waals surface area (Å²) in [6, 6.07) is 13.9. The van der Waals surface area contributed by atoms with Crippen LogP contribution in [0.25, 0.3) is 5.69 Å². The fraction of sp³-hybridized carbons (Fsp3) is 0.182. The molecule has 1 atom stereocenters. The minimum absolute atomic E-state index is 0.0633. The van der Waals surface area contributed by atoms with Crippen LogP contribution in [0, 0.1) is 12.7 Å². The topological polar surface area (TPSA) is 56.1 Å². The van der Waals surface area contributed by atoms with Gasteiger partial charge in [0, 0.05) is 5.56 Å². The van der Waals surface area contributed by atoms with Gasteiger partial charge in [-0.2, -0.15) is 5.10 Å². The molecule has 0 aliphatic carbocycles. The number of hydrogen-bond acceptors (Lipinski definition) is 4. The van der Waals surface area contributed by atoms with Gasteiger partial charge in [-0.1, -0.05) is 24.8 Å². The van der Waals surface area contributed by atoms with Crippen molar-refractivity contribution in [3.05, 3.63) is 83.8 Å². The Balaban J connectivity index is 1.76. The van der Waals surface area contributed by atoms with E-state index < -0.39 is 0 Å². The molecule has 5 nitrogen and oxygen atoms in total. The number of ether oxygens (including phenoxy) is 1. The number of nitrogens with one attached hydrogen (secondary N) is 1. The van der Waals surface area contributed by atoms with Crippen LogP contribution >= 0.6 is 11.8 Å². The molecule has 1 aliphatic heterocycles. The zero-order valence-corrected chi connectivity index (χ0v) is 16.7. The highest BCUT2D eigenvalue weighted by molar-refractivity contribution is 8.00. The minimum Gasteiger partial charge on any atom is -0.490 e. The van der Waals surface area contributed by atoms with E-state index in [2.05, 4.69) is 17.0 Å². The summed E-state index contributed by atoms with van der Waals surface area (Å²) >= 11 is 1.55. The molecular weight excluding hydrogens is 389 g/mol. The van der Waals surface area contributed by atoms with Gasteiger partial charge in [-0.25, -0.2) is 9.07 Å². The van der Waals surface area contributed by atoms with Crippen LogP contribution in [-0.2, 0) is 4.79 Å². The average Bonchev–Trinajstić information content (AvgIpc) is 2.93. The second-order valence-electron chi connectivity index (χ2n) is 6.64. The monoisotopic (exact) mass is 409 g/mol. The highest BCUT2D eigenvalue weighted by Gasteiger charge is 2.30. The number of aromatic nitrogens is 2. The lowest BCUT2D eigenvalue weighted by molar-refractivity contribution is -0.113. The average molecular weight is 409 g/mol. The number of anilines is 1. The Bertz CT molecular complexity index is 1050. The first-order valence-electron chi connectivity index (χ1n) is 9.17. The van der Waals surface area contributed by atoms with Crippen molar-refractivity contribution in [1.29, 1.82) is 0 Å². The Morgan fingerprint density at radius 2 is 2.00 bits per heavy atom. The number of thioether (sulfide) groups is 1. The molecule has 2 aromatic carbocycles. The molecule has 1 N–H and O–H groups in total. The number of nitrogens with zero attached hydrogens (tertiary/aromatic N) is 2. The number of rotatable bonds is 5. The second kappa shape index (κ2) is 8.13. The van der Waals surface area contributed by atoms with E-state index in [0.29, 0.717) is 23.9 Å². The summed E-state index contributed by atoms with van der Waals surface area (Å²) in [5.41, 5.74) is 3.51. The zero-order valence-electron chi connectivity index (χ0n) is 15.9. The third kappa shape index (κ3) is 3.91. The summed E-state index contributed by atoms with van der Waals surface area (Å²) in [6.07, 6.45) is 1.70. The third-order valence-electron chi connectivity index (χ3n) is 4.63. The van der Waals surface area contributed by atoms with Gasteiger partial charge in [0.05, 0.1) is 22.4 Å². The predicted molar refractivity (Wildman–Crippen MR) is 113 cm³/mol. The predicted octanol–water partition coefficient (Wildman–Crippen LogP) is 4.66. The second-order valence-corrected chi connectivity index (χ2v) is 7.74. The lowest BCUT2D eigenvalue weighted by Crippen LogP contribution is -2.15. The van der Waals surface area contributed by atoms with Crippen LogP contribution in [0.2, 0.25) is 0 Å². The maximum Gasteiger partial charge on any atom is 0.235 e. The van der Waals surface area contributed by atoms with Gasteiger partial charge in [-0.3, -0.25) is 4.79 Å². The van der Waals surface area contributed by atoms with Gasteiger partial charge in [0.25, 0.3) is 0 Å². The standard InChI is InChI=1S/C22H20FN3O2S/c1-3-12-28-18-10-4-15(5-11-18)21-20-14(2)25-26(17-8-6-16(23)7-9-17)22(20)24-19(27)13-29-21/h3-11,21H,1,12-13H2,2H3,(H,24,27)/t21-/m1/s1. The molecule has 0 saturated heterocycles. The highest BCUT2D eigenvalue weighted by Crippen LogP contribution is 2.44. The van der Waals surface area contributed by atoms with Crippen molar-refractivity contribution in [3.63, 3.8) is 0 Å². The molecule has 0 spiro atoms. The van der Waals surface area contributed by atoms with E-state index in [4.69, 9.17) is 4.74 Å². The largest absolute Gasteiger partial charge is 0.490 e. The molecule has 2 heterocycles. The van der Waals surface area contributed by atoms with Gasteiger partial charge in [0.2, 0.25) is 5.91 Å². The van der Waals surface area contributed by atoms with Gasteiger partial charge in [-0.15, -0.1) is 11.8 Å². The Hall–Kier alpha value is -3.06. The molecule has 3 aromatic rings. The van der Waals surface area contributed by atoms with Gasteiger partial charge in [0.1, 0.15) is 24.0 Å². The lowest BCUT2D eigenvalue weighted by Gasteiger charge is -2.16. The van der Waals surface area contributed by atoms with E-state index in [1.165, 1.54) is 12.1 Å². The van der Waals surface area contributed by atoms with Crippen LogP contribution in [0.4, 0.5) is 10.2 Å². The van der Waals surface area contributed by atoms with Gasteiger partial charge in [0.15, 0.2) is 0 Å². The van der Waals surface area contributed by atoms with Crippen molar-refractivity contribution >= 4 is 23.5 Å². The van der Waals surface area contributed by atoms with Crippen molar-refractivity contribution in [2.24, 2.45) is 0 Å². The molecule has 1 amide bonds. The maximum atomic E-state index is 13.3. The van der Waals surface area contributed by atoms with E-state index in [0.717, 1.165) is 22.6 Å². The number of hydrogen-bond donors (Lipinski definition) is 1. The minimum atomic E-state index is -0.319. The number of carbonyl (C=O) groups excluding carboxylic acids is 1. The first-order chi connectivity index (χ1) is 14.1. The summed E-state index contributed by atoms with van der Waals surface area (Å²) in [6.45, 7) is 6.02. The molecule has 1 aliphatic rings. The molecule has 29 heavy (non-hydrogen) atoms. The Labute approximate surface area is 172 Å². The molecule has 0 bridgehead atoms. The Morgan fingerprint density at radius 1 is 1.28 bits per heavy atom. The summed E-state index contributed by atoms with van der Waals surface area (Å²) in [5.74, 6) is 1.31. The van der Waals surface area contributed by atoms with Crippen LogP contribution in [-0.4, -0.2) is 28.0 Å². The van der Waals surface area contributed by atoms with Crippen molar-refractivity contribution in [3.8, 4) is 11.4 Å². The van der Waals surface area contributed by atoms with Crippen LogP contribution in [0.3, 0.4) is 0 Å². The Kier molecular flexibility index (Phi) is 5.40. The molecule has 0 unspecified atom stereocenters. The van der Waals surface area contributed by atoms with E-state index >= 15 is 0 Å². The van der Waals surface area contributed by atoms with Crippen molar-refractivity contribution in [1.82, 2.24) is 9.78 Å². The molecule has 148 valence electrons. The Morgan fingerprint density at radius 3 is 2.69 bits per heavy atom. The first kappa shape index (κ1) is 19.3. The summed E-state index contributed by atoms with van der Waals surface area (Å²) in [7, 11) is 0. The van der Waals surface area contributed by atoms with Crippen molar-refractivity contribution in [2.45, 2.75) is 12.2 Å². The number of fused-ring (bicyclic) bond motifs is 1. The quantitative estimate of drug-likeness (QED) is 0.623. The number of halogens is 1. The smallest absolute Gasteiger partial charge is 0.235 e. The maximum absolute atomic E-state index is 13.3. The van der Waals surface area contributed by atoms with Gasteiger partial charge < -0.3 is 10.1 Å². The van der Waals surface area contributed by atoms with Gasteiger partial charge in [-0.05, 0) is 48.9 Å². The molecule has 7 heteroatoms. The summed E-state index contributed by atoms with van der Waals surface area (Å²) in [5, 5.41) is 7.54. The molecule has 0 fully saturated rings.